The second-order valence-electron chi connectivity index (χ2n) is 4.86. The van der Waals surface area contributed by atoms with Crippen LogP contribution in [0.2, 0.25) is 5.02 Å². The molecule has 1 N–H and O–H groups in total. The third-order valence-corrected chi connectivity index (χ3v) is 3.50. The molecule has 0 aliphatic rings. The highest BCUT2D eigenvalue weighted by atomic mass is 35.5. The fourth-order valence-electron chi connectivity index (χ4n) is 1.90. The Morgan fingerprint density at radius 3 is 2.61 bits per heavy atom. The molecule has 1 aromatic carbocycles. The van der Waals surface area contributed by atoms with Crippen molar-refractivity contribution in [2.75, 3.05) is 5.32 Å². The predicted octanol–water partition coefficient (Wildman–Crippen LogP) is 3.47. The molecule has 0 atom stereocenters. The number of carbonyl (C=O) groups is 1. The summed E-state index contributed by atoms with van der Waals surface area (Å²) in [5, 5.41) is 2.92. The Balaban J connectivity index is 2.18. The standard InChI is InChI=1S/C15H12ClF3N2O2/c1-9-4-5-10(7-12(9)16)20-13(22)8-21-6-2-3-11(14(21)23)15(17,18)19/h2-7H,8H2,1H3,(H,20,22). The fourth-order valence-corrected chi connectivity index (χ4v) is 2.08. The smallest absolute Gasteiger partial charge is 0.324 e. The minimum Gasteiger partial charge on any atom is -0.324 e. The molecule has 1 aromatic heterocycles. The number of aromatic nitrogens is 1. The van der Waals surface area contributed by atoms with Gasteiger partial charge in [-0.3, -0.25) is 9.59 Å². The van der Waals surface area contributed by atoms with Gasteiger partial charge in [0.25, 0.3) is 5.56 Å². The number of carbonyl (C=O) groups excluding carboxylic acids is 1. The van der Waals surface area contributed by atoms with E-state index in [1.165, 1.54) is 6.07 Å². The van der Waals surface area contributed by atoms with Crippen LogP contribution in [-0.4, -0.2) is 10.5 Å². The highest BCUT2D eigenvalue weighted by Gasteiger charge is 2.34. The van der Waals surface area contributed by atoms with Crippen LogP contribution in [0.4, 0.5) is 18.9 Å². The Bertz CT molecular complexity index is 800. The van der Waals surface area contributed by atoms with E-state index < -0.39 is 29.8 Å². The molecule has 1 amide bonds. The molecule has 4 nitrogen and oxygen atoms in total. The Labute approximate surface area is 134 Å². The van der Waals surface area contributed by atoms with Crippen molar-refractivity contribution in [1.29, 1.82) is 0 Å². The second-order valence-corrected chi connectivity index (χ2v) is 5.27. The van der Waals surface area contributed by atoms with Gasteiger partial charge in [-0.05, 0) is 36.8 Å². The van der Waals surface area contributed by atoms with Crippen molar-refractivity contribution in [1.82, 2.24) is 4.57 Å². The average Bonchev–Trinajstić information content (AvgIpc) is 2.44. The van der Waals surface area contributed by atoms with Crippen LogP contribution < -0.4 is 10.9 Å². The van der Waals surface area contributed by atoms with Crippen LogP contribution in [-0.2, 0) is 17.5 Å². The molecule has 2 aromatic rings. The first-order valence-electron chi connectivity index (χ1n) is 6.51. The predicted molar refractivity (Wildman–Crippen MR) is 80.5 cm³/mol. The maximum Gasteiger partial charge on any atom is 0.421 e. The molecule has 23 heavy (non-hydrogen) atoms. The quantitative estimate of drug-likeness (QED) is 0.927. The summed E-state index contributed by atoms with van der Waals surface area (Å²) in [5.74, 6) is -0.633. The van der Waals surface area contributed by atoms with Gasteiger partial charge in [-0.25, -0.2) is 0 Å². The van der Waals surface area contributed by atoms with Crippen molar-refractivity contribution < 1.29 is 18.0 Å². The molecule has 0 spiro atoms. The van der Waals surface area contributed by atoms with Gasteiger partial charge < -0.3 is 9.88 Å². The van der Waals surface area contributed by atoms with Crippen LogP contribution in [0, 0.1) is 6.92 Å². The summed E-state index contributed by atoms with van der Waals surface area (Å²) in [6.07, 6.45) is -3.64. The lowest BCUT2D eigenvalue weighted by Gasteiger charge is -2.11. The number of hydrogen-bond donors (Lipinski definition) is 1. The zero-order valence-corrected chi connectivity index (χ0v) is 12.7. The van der Waals surface area contributed by atoms with Crippen molar-refractivity contribution in [3.05, 3.63) is 63.0 Å². The molecule has 0 saturated carbocycles. The number of alkyl halides is 3. The molecular weight excluding hydrogens is 333 g/mol. The van der Waals surface area contributed by atoms with E-state index in [-0.39, 0.29) is 0 Å². The molecule has 0 unspecified atom stereocenters. The molecule has 0 aliphatic heterocycles. The molecule has 1 heterocycles. The van der Waals surface area contributed by atoms with Crippen LogP contribution >= 0.6 is 11.6 Å². The maximum absolute atomic E-state index is 12.7. The van der Waals surface area contributed by atoms with E-state index in [9.17, 15) is 22.8 Å². The van der Waals surface area contributed by atoms with E-state index >= 15 is 0 Å². The Kier molecular flexibility index (Phi) is 4.79. The normalized spacial score (nSPS) is 11.3. The van der Waals surface area contributed by atoms with Gasteiger partial charge in [0.2, 0.25) is 5.91 Å². The van der Waals surface area contributed by atoms with Gasteiger partial charge >= 0.3 is 6.18 Å². The van der Waals surface area contributed by atoms with Gasteiger partial charge in [-0.2, -0.15) is 13.2 Å². The largest absolute Gasteiger partial charge is 0.421 e. The Morgan fingerprint density at radius 1 is 1.30 bits per heavy atom. The molecule has 0 fully saturated rings. The number of benzene rings is 1. The number of anilines is 1. The molecule has 0 aliphatic carbocycles. The lowest BCUT2D eigenvalue weighted by atomic mass is 10.2. The molecule has 8 heteroatoms. The van der Waals surface area contributed by atoms with E-state index in [1.54, 1.807) is 19.1 Å². The summed E-state index contributed by atoms with van der Waals surface area (Å²) in [4.78, 5) is 23.6. The Morgan fingerprint density at radius 2 is 2.00 bits per heavy atom. The van der Waals surface area contributed by atoms with Crippen molar-refractivity contribution in [3.8, 4) is 0 Å². The maximum atomic E-state index is 12.7. The average molecular weight is 345 g/mol. The molecular formula is C15H12ClF3N2O2. The van der Waals surface area contributed by atoms with Crippen LogP contribution in [0.3, 0.4) is 0 Å². The number of aryl methyl sites for hydroxylation is 1. The number of hydrogen-bond acceptors (Lipinski definition) is 2. The van der Waals surface area contributed by atoms with Crippen molar-refractivity contribution in [3.63, 3.8) is 0 Å². The molecule has 122 valence electrons. The summed E-state index contributed by atoms with van der Waals surface area (Å²) in [5.41, 5.74) is -1.37. The second kappa shape index (κ2) is 6.45. The minimum absolute atomic E-state index is 0.394. The van der Waals surface area contributed by atoms with Crippen LogP contribution in [0.15, 0.2) is 41.3 Å². The van der Waals surface area contributed by atoms with Crippen LogP contribution in [0.5, 0.6) is 0 Å². The SMILES string of the molecule is Cc1ccc(NC(=O)Cn2cccc(C(F)(F)F)c2=O)cc1Cl. The first-order chi connectivity index (χ1) is 10.7. The lowest BCUT2D eigenvalue weighted by molar-refractivity contribution is -0.139. The summed E-state index contributed by atoms with van der Waals surface area (Å²) >= 11 is 5.92. The number of pyridine rings is 1. The van der Waals surface area contributed by atoms with E-state index in [2.05, 4.69) is 5.32 Å². The zero-order chi connectivity index (χ0) is 17.2. The molecule has 0 radical (unpaired) electrons. The topological polar surface area (TPSA) is 51.1 Å². The van der Waals surface area contributed by atoms with E-state index in [0.717, 1.165) is 17.8 Å². The molecule has 0 saturated heterocycles. The highest BCUT2D eigenvalue weighted by Crippen LogP contribution is 2.26. The van der Waals surface area contributed by atoms with Crippen molar-refractivity contribution >= 4 is 23.2 Å². The van der Waals surface area contributed by atoms with Crippen molar-refractivity contribution in [2.24, 2.45) is 0 Å². The van der Waals surface area contributed by atoms with Gasteiger partial charge in [-0.15, -0.1) is 0 Å². The number of amides is 1. The number of rotatable bonds is 3. The monoisotopic (exact) mass is 344 g/mol. The Hall–Kier alpha value is -2.28. The fraction of sp³-hybridized carbons (Fsp3) is 0.200. The number of halogens is 4. The zero-order valence-electron chi connectivity index (χ0n) is 11.9. The van der Waals surface area contributed by atoms with Crippen LogP contribution in [0.1, 0.15) is 11.1 Å². The highest BCUT2D eigenvalue weighted by molar-refractivity contribution is 6.31. The number of nitrogens with one attached hydrogen (secondary N) is 1. The first kappa shape index (κ1) is 17.1. The number of nitrogens with zero attached hydrogens (tertiary/aromatic N) is 1. The minimum atomic E-state index is -4.76. The molecule has 2 rings (SSSR count). The van der Waals surface area contributed by atoms with Gasteiger partial charge in [0, 0.05) is 16.9 Å². The van der Waals surface area contributed by atoms with Gasteiger partial charge in [0.15, 0.2) is 0 Å². The third-order valence-electron chi connectivity index (χ3n) is 3.10. The van der Waals surface area contributed by atoms with Crippen LogP contribution in [0.25, 0.3) is 0 Å². The van der Waals surface area contributed by atoms with Gasteiger partial charge in [0.1, 0.15) is 12.1 Å². The summed E-state index contributed by atoms with van der Waals surface area (Å²) < 4.78 is 38.7. The van der Waals surface area contributed by atoms with Gasteiger partial charge in [0.05, 0.1) is 0 Å². The first-order valence-corrected chi connectivity index (χ1v) is 6.89. The van der Waals surface area contributed by atoms with E-state index in [0.29, 0.717) is 21.3 Å². The third kappa shape index (κ3) is 4.13. The lowest BCUT2D eigenvalue weighted by Crippen LogP contribution is -2.31. The van der Waals surface area contributed by atoms with E-state index in [1.807, 2.05) is 0 Å². The van der Waals surface area contributed by atoms with Gasteiger partial charge in [-0.1, -0.05) is 17.7 Å². The summed E-state index contributed by atoms with van der Waals surface area (Å²) in [6, 6.07) is 6.56. The molecule has 0 bridgehead atoms. The summed E-state index contributed by atoms with van der Waals surface area (Å²) in [7, 11) is 0. The van der Waals surface area contributed by atoms with E-state index in [4.69, 9.17) is 11.6 Å². The van der Waals surface area contributed by atoms with Crippen molar-refractivity contribution in [2.45, 2.75) is 19.6 Å². The summed E-state index contributed by atoms with van der Waals surface area (Å²) in [6.45, 7) is 1.25.